The summed E-state index contributed by atoms with van der Waals surface area (Å²) in [5, 5.41) is 6.29. The molecule has 0 saturated carbocycles. The summed E-state index contributed by atoms with van der Waals surface area (Å²) in [5.74, 6) is -0.882. The van der Waals surface area contributed by atoms with Crippen LogP contribution in [0.25, 0.3) is 11.3 Å². The van der Waals surface area contributed by atoms with Gasteiger partial charge in [0, 0.05) is 24.3 Å². The summed E-state index contributed by atoms with van der Waals surface area (Å²) in [4.78, 5) is 27.6. The number of amides is 1. The Bertz CT molecular complexity index is 1810. The number of nitrogens with one attached hydrogen (secondary N) is 2. The summed E-state index contributed by atoms with van der Waals surface area (Å²) in [7, 11) is 0.131. The van der Waals surface area contributed by atoms with E-state index in [1.807, 2.05) is 79.7 Å². The molecule has 232 valence electrons. The van der Waals surface area contributed by atoms with Gasteiger partial charge in [0.15, 0.2) is 0 Å². The molecular weight excluding hydrogens is 588 g/mol. The number of anilines is 3. The van der Waals surface area contributed by atoms with Crippen molar-refractivity contribution in [3.05, 3.63) is 125 Å². The summed E-state index contributed by atoms with van der Waals surface area (Å²) < 4.78 is 33.8. The van der Waals surface area contributed by atoms with Crippen LogP contribution in [0.15, 0.2) is 103 Å². The minimum absolute atomic E-state index is 0.113. The van der Waals surface area contributed by atoms with Crippen molar-refractivity contribution < 1.29 is 22.7 Å². The maximum absolute atomic E-state index is 13.6. The molecule has 1 aliphatic rings. The highest BCUT2D eigenvalue weighted by Gasteiger charge is 2.30. The number of likely N-dealkylation sites (N-methyl/N-ethyl adjacent to an activating group) is 1. The second-order valence-corrected chi connectivity index (χ2v) is 12.7. The monoisotopic (exact) mass is 624 g/mol. The Hall–Kier alpha value is -4.93. The van der Waals surface area contributed by atoms with Crippen LogP contribution >= 0.6 is 0 Å². The molecule has 4 aromatic rings. The minimum Gasteiger partial charge on any atom is -0.462 e. The number of nitrogens with zero attached hydrogens (tertiary/aromatic N) is 2. The lowest BCUT2D eigenvalue weighted by atomic mass is 9.99. The standard InChI is InChI=1S/C35H36N4O5S/c1-4-44-35(41)27-15-20-30-31(23-27)37-34(40)32(30)33(26-13-9-6-10-14-26)36-28-16-18-29(19-17-28)39(22-21-38(2)3)45(42,43)24-25-11-7-5-8-12-25/h5-20,23,36H,4,21-22,24H2,1-3H3,(H,37,40). The molecular formula is C35H36N4O5S. The SMILES string of the molecule is CCOC(=O)c1ccc2c(c1)NC(=O)C2=C(Nc1ccc(N(CCN(C)C)S(=O)(=O)Cc2ccccc2)cc1)c1ccccc1. The molecule has 0 bridgehead atoms. The van der Waals surface area contributed by atoms with Crippen molar-refractivity contribution in [2.75, 3.05) is 48.7 Å². The molecule has 2 N–H and O–H groups in total. The van der Waals surface area contributed by atoms with Gasteiger partial charge in [0.1, 0.15) is 0 Å². The fourth-order valence-electron chi connectivity index (χ4n) is 5.08. The average molecular weight is 625 g/mol. The van der Waals surface area contributed by atoms with Crippen LogP contribution in [0, 0.1) is 0 Å². The first kappa shape index (κ1) is 31.5. The highest BCUT2D eigenvalue weighted by atomic mass is 32.2. The summed E-state index contributed by atoms with van der Waals surface area (Å²) in [6.45, 7) is 2.83. The molecule has 5 rings (SSSR count). The second kappa shape index (κ2) is 13.8. The van der Waals surface area contributed by atoms with Gasteiger partial charge in [-0.1, -0.05) is 66.7 Å². The van der Waals surface area contributed by atoms with Gasteiger partial charge in [-0.05, 0) is 68.5 Å². The predicted molar refractivity (Wildman–Crippen MR) is 179 cm³/mol. The maximum atomic E-state index is 13.6. The Morgan fingerprint density at radius 3 is 2.16 bits per heavy atom. The zero-order valence-corrected chi connectivity index (χ0v) is 26.3. The van der Waals surface area contributed by atoms with Crippen molar-refractivity contribution >= 4 is 50.2 Å². The Morgan fingerprint density at radius 1 is 0.844 bits per heavy atom. The van der Waals surface area contributed by atoms with E-state index in [1.165, 1.54) is 4.31 Å². The fraction of sp³-hybridized carbons (Fsp3) is 0.200. The van der Waals surface area contributed by atoms with Crippen LogP contribution < -0.4 is 14.9 Å². The number of hydrogen-bond donors (Lipinski definition) is 2. The summed E-state index contributed by atoms with van der Waals surface area (Å²) in [6, 6.07) is 30.8. The number of fused-ring (bicyclic) bond motifs is 1. The fourth-order valence-corrected chi connectivity index (χ4v) is 6.66. The van der Waals surface area contributed by atoms with Gasteiger partial charge in [-0.15, -0.1) is 0 Å². The first-order chi connectivity index (χ1) is 21.7. The summed E-state index contributed by atoms with van der Waals surface area (Å²) in [6.07, 6.45) is 0. The van der Waals surface area contributed by atoms with Crippen LogP contribution in [0.1, 0.15) is 34.0 Å². The van der Waals surface area contributed by atoms with Gasteiger partial charge in [-0.3, -0.25) is 9.10 Å². The van der Waals surface area contributed by atoms with Gasteiger partial charge in [-0.25, -0.2) is 13.2 Å². The van der Waals surface area contributed by atoms with E-state index in [0.29, 0.717) is 58.1 Å². The molecule has 0 aliphatic carbocycles. The van der Waals surface area contributed by atoms with Gasteiger partial charge in [0.05, 0.1) is 40.6 Å². The van der Waals surface area contributed by atoms with Crippen LogP contribution in [0.3, 0.4) is 0 Å². The molecule has 1 aliphatic heterocycles. The van der Waals surface area contributed by atoms with Crippen LogP contribution in [-0.2, 0) is 25.3 Å². The van der Waals surface area contributed by atoms with Gasteiger partial charge < -0.3 is 20.3 Å². The van der Waals surface area contributed by atoms with Crippen molar-refractivity contribution in [2.45, 2.75) is 12.7 Å². The van der Waals surface area contributed by atoms with E-state index in [-0.39, 0.29) is 18.3 Å². The number of esters is 1. The lowest BCUT2D eigenvalue weighted by Gasteiger charge is -2.26. The lowest BCUT2D eigenvalue weighted by molar-refractivity contribution is -0.110. The number of carbonyl (C=O) groups excluding carboxylic acids is 2. The number of sulfonamides is 1. The molecule has 0 radical (unpaired) electrons. The Kier molecular flexibility index (Phi) is 9.65. The molecule has 0 fully saturated rings. The predicted octanol–water partition coefficient (Wildman–Crippen LogP) is 5.69. The average Bonchev–Trinajstić information content (AvgIpc) is 3.35. The molecule has 0 spiro atoms. The number of benzene rings is 4. The topological polar surface area (TPSA) is 108 Å². The molecule has 45 heavy (non-hydrogen) atoms. The van der Waals surface area contributed by atoms with Crippen molar-refractivity contribution in [3.8, 4) is 0 Å². The van der Waals surface area contributed by atoms with Gasteiger partial charge in [0.25, 0.3) is 5.91 Å². The van der Waals surface area contributed by atoms with E-state index in [4.69, 9.17) is 4.74 Å². The normalized spacial score (nSPS) is 13.6. The Labute approximate surface area is 264 Å². The molecule has 0 atom stereocenters. The van der Waals surface area contributed by atoms with E-state index in [0.717, 1.165) is 5.56 Å². The van der Waals surface area contributed by atoms with Gasteiger partial charge >= 0.3 is 5.97 Å². The molecule has 0 unspecified atom stereocenters. The molecule has 9 nitrogen and oxygen atoms in total. The smallest absolute Gasteiger partial charge is 0.338 e. The van der Waals surface area contributed by atoms with Crippen LogP contribution in [0.4, 0.5) is 17.1 Å². The quantitative estimate of drug-likeness (QED) is 0.154. The second-order valence-electron chi connectivity index (χ2n) is 10.8. The minimum atomic E-state index is -3.68. The first-order valence-electron chi connectivity index (χ1n) is 14.6. The first-order valence-corrected chi connectivity index (χ1v) is 16.3. The molecule has 10 heteroatoms. The number of ether oxygens (including phenoxy) is 1. The van der Waals surface area contributed by atoms with Crippen LogP contribution in [0.2, 0.25) is 0 Å². The van der Waals surface area contributed by atoms with Crippen molar-refractivity contribution in [1.29, 1.82) is 0 Å². The molecule has 1 heterocycles. The Morgan fingerprint density at radius 2 is 1.51 bits per heavy atom. The third-order valence-corrected chi connectivity index (χ3v) is 9.05. The van der Waals surface area contributed by atoms with E-state index in [2.05, 4.69) is 10.6 Å². The van der Waals surface area contributed by atoms with Crippen molar-refractivity contribution in [2.24, 2.45) is 0 Å². The zero-order chi connectivity index (χ0) is 32.0. The van der Waals surface area contributed by atoms with Crippen LogP contribution in [-0.4, -0.2) is 59.0 Å². The largest absolute Gasteiger partial charge is 0.462 e. The van der Waals surface area contributed by atoms with E-state index >= 15 is 0 Å². The highest BCUT2D eigenvalue weighted by molar-refractivity contribution is 7.92. The molecule has 1 amide bonds. The number of carbonyl (C=O) groups is 2. The van der Waals surface area contributed by atoms with Gasteiger partial charge in [-0.2, -0.15) is 0 Å². The molecule has 4 aromatic carbocycles. The van der Waals surface area contributed by atoms with Crippen molar-refractivity contribution in [3.63, 3.8) is 0 Å². The highest BCUT2D eigenvalue weighted by Crippen LogP contribution is 2.38. The number of hydrogen-bond acceptors (Lipinski definition) is 7. The third-order valence-electron chi connectivity index (χ3n) is 7.29. The molecule has 0 saturated heterocycles. The molecule has 0 aromatic heterocycles. The van der Waals surface area contributed by atoms with E-state index < -0.39 is 16.0 Å². The number of rotatable bonds is 12. The maximum Gasteiger partial charge on any atom is 0.338 e. The lowest BCUT2D eigenvalue weighted by Crippen LogP contribution is -2.37. The summed E-state index contributed by atoms with van der Waals surface area (Å²) >= 11 is 0. The van der Waals surface area contributed by atoms with E-state index in [9.17, 15) is 18.0 Å². The van der Waals surface area contributed by atoms with Gasteiger partial charge in [0.2, 0.25) is 10.0 Å². The van der Waals surface area contributed by atoms with Crippen LogP contribution in [0.5, 0.6) is 0 Å². The Balaban J connectivity index is 1.49. The zero-order valence-electron chi connectivity index (χ0n) is 25.5. The van der Waals surface area contributed by atoms with E-state index in [1.54, 1.807) is 49.4 Å². The van der Waals surface area contributed by atoms with Crippen molar-refractivity contribution in [1.82, 2.24) is 4.90 Å². The third kappa shape index (κ3) is 7.42. The summed E-state index contributed by atoms with van der Waals surface area (Å²) in [5.41, 5.74) is 5.23.